The molecular weight excluding hydrogens is 386 g/mol. The van der Waals surface area contributed by atoms with E-state index < -0.39 is 11.6 Å². The van der Waals surface area contributed by atoms with Gasteiger partial charge in [-0.3, -0.25) is 14.5 Å². The molecule has 0 bridgehead atoms. The third-order valence-corrected chi connectivity index (χ3v) is 6.68. The van der Waals surface area contributed by atoms with E-state index in [1.54, 1.807) is 11.3 Å². The third kappa shape index (κ3) is 3.67. The van der Waals surface area contributed by atoms with Gasteiger partial charge in [0.15, 0.2) is 0 Å². The Morgan fingerprint density at radius 2 is 2.03 bits per heavy atom. The molecule has 2 heterocycles. The maximum atomic E-state index is 13.2. The lowest BCUT2D eigenvalue weighted by Crippen LogP contribution is -2.46. The quantitative estimate of drug-likeness (QED) is 0.710. The molecule has 1 aromatic carbocycles. The van der Waals surface area contributed by atoms with E-state index in [1.165, 1.54) is 5.56 Å². The van der Waals surface area contributed by atoms with Gasteiger partial charge in [0.2, 0.25) is 5.91 Å². The van der Waals surface area contributed by atoms with Crippen LogP contribution in [0.1, 0.15) is 48.6 Å². The Kier molecular flexibility index (Phi) is 5.41. The Balaban J connectivity index is 1.43. The predicted octanol–water partition coefficient (Wildman–Crippen LogP) is 3.81. The number of imide groups is 1. The van der Waals surface area contributed by atoms with Gasteiger partial charge in [-0.1, -0.05) is 25.5 Å². The van der Waals surface area contributed by atoms with Crippen molar-refractivity contribution in [1.82, 2.24) is 10.2 Å². The molecule has 2 N–H and O–H groups in total. The van der Waals surface area contributed by atoms with Crippen LogP contribution in [-0.4, -0.2) is 29.3 Å². The fourth-order valence-corrected chi connectivity index (χ4v) is 5.16. The molecular formula is C22H25N3O3S. The summed E-state index contributed by atoms with van der Waals surface area (Å²) in [6, 6.07) is 9.12. The van der Waals surface area contributed by atoms with E-state index in [0.29, 0.717) is 12.1 Å². The number of nitrogens with one attached hydrogen (secondary N) is 2. The zero-order chi connectivity index (χ0) is 20.4. The topological polar surface area (TPSA) is 78.5 Å². The molecule has 0 unspecified atom stereocenters. The van der Waals surface area contributed by atoms with Gasteiger partial charge in [-0.15, -0.1) is 11.3 Å². The number of nitrogens with zero attached hydrogens (tertiary/aromatic N) is 1. The van der Waals surface area contributed by atoms with Crippen molar-refractivity contribution in [2.24, 2.45) is 0 Å². The van der Waals surface area contributed by atoms with Crippen LogP contribution in [0.2, 0.25) is 0 Å². The fraction of sp³-hybridized carbons (Fsp3) is 0.409. The van der Waals surface area contributed by atoms with E-state index >= 15 is 0 Å². The van der Waals surface area contributed by atoms with E-state index in [4.69, 9.17) is 0 Å². The summed E-state index contributed by atoms with van der Waals surface area (Å²) in [5.41, 5.74) is 1.77. The second kappa shape index (κ2) is 7.99. The van der Waals surface area contributed by atoms with Crippen molar-refractivity contribution < 1.29 is 14.4 Å². The van der Waals surface area contributed by atoms with Crippen LogP contribution in [0.25, 0.3) is 0 Å². The molecule has 4 amide bonds. The minimum Gasteiger partial charge on any atom is -0.325 e. The molecule has 1 spiro atoms. The molecule has 7 heteroatoms. The van der Waals surface area contributed by atoms with Gasteiger partial charge < -0.3 is 10.6 Å². The van der Waals surface area contributed by atoms with Gasteiger partial charge in [0.25, 0.3) is 5.91 Å². The van der Waals surface area contributed by atoms with Gasteiger partial charge in [0.1, 0.15) is 12.1 Å². The lowest BCUT2D eigenvalue weighted by Gasteiger charge is -2.31. The second-order valence-electron chi connectivity index (χ2n) is 7.69. The number of thiophene rings is 1. The smallest absolute Gasteiger partial charge is 0.325 e. The first-order valence-electron chi connectivity index (χ1n) is 10.1. The molecule has 29 heavy (non-hydrogen) atoms. The Hall–Kier alpha value is -2.67. The highest BCUT2D eigenvalue weighted by atomic mass is 32.1. The summed E-state index contributed by atoms with van der Waals surface area (Å²) in [5.74, 6) is -0.708. The number of fused-ring (bicyclic) bond motifs is 2. The van der Waals surface area contributed by atoms with Crippen LogP contribution < -0.4 is 10.6 Å². The van der Waals surface area contributed by atoms with Gasteiger partial charge in [-0.2, -0.15) is 0 Å². The molecule has 6 nitrogen and oxygen atoms in total. The van der Waals surface area contributed by atoms with Crippen LogP contribution in [0.5, 0.6) is 0 Å². The largest absolute Gasteiger partial charge is 0.325 e. The summed E-state index contributed by atoms with van der Waals surface area (Å²) in [6.45, 7) is 1.87. The average molecular weight is 412 g/mol. The van der Waals surface area contributed by atoms with Gasteiger partial charge in [0.05, 0.1) is 0 Å². The normalized spacial score (nSPS) is 20.7. The SMILES string of the molecule is CCCCc1ccc(NC(=O)CN2C(=O)N[C@]3(CCCc4sccc43)C2=O)cc1. The van der Waals surface area contributed by atoms with Crippen LogP contribution in [0.3, 0.4) is 0 Å². The zero-order valence-corrected chi connectivity index (χ0v) is 17.3. The summed E-state index contributed by atoms with van der Waals surface area (Å²) in [4.78, 5) is 40.4. The Morgan fingerprint density at radius 1 is 1.24 bits per heavy atom. The molecule has 1 saturated heterocycles. The average Bonchev–Trinajstić information content (AvgIpc) is 3.28. The first-order chi connectivity index (χ1) is 14.0. The van der Waals surface area contributed by atoms with E-state index in [1.807, 2.05) is 35.7 Å². The highest BCUT2D eigenvalue weighted by Crippen LogP contribution is 2.42. The lowest BCUT2D eigenvalue weighted by molar-refractivity contribution is -0.134. The lowest BCUT2D eigenvalue weighted by atomic mass is 9.80. The second-order valence-corrected chi connectivity index (χ2v) is 8.69. The molecule has 1 fully saturated rings. The molecule has 0 saturated carbocycles. The van der Waals surface area contributed by atoms with Crippen molar-refractivity contribution in [1.29, 1.82) is 0 Å². The number of rotatable bonds is 6. The molecule has 1 aromatic heterocycles. The summed E-state index contributed by atoms with van der Waals surface area (Å²) in [5, 5.41) is 7.61. The van der Waals surface area contributed by atoms with Crippen molar-refractivity contribution in [3.63, 3.8) is 0 Å². The monoisotopic (exact) mass is 411 g/mol. The molecule has 0 radical (unpaired) electrons. The van der Waals surface area contributed by atoms with Crippen LogP contribution in [0.4, 0.5) is 10.5 Å². The van der Waals surface area contributed by atoms with Crippen molar-refractivity contribution in [3.05, 3.63) is 51.7 Å². The number of benzene rings is 1. The van der Waals surface area contributed by atoms with Gasteiger partial charge in [-0.05, 0) is 61.2 Å². The van der Waals surface area contributed by atoms with E-state index in [9.17, 15) is 14.4 Å². The minimum absolute atomic E-state index is 0.288. The first kappa shape index (κ1) is 19.6. The summed E-state index contributed by atoms with van der Waals surface area (Å²) in [6.07, 6.45) is 5.61. The maximum absolute atomic E-state index is 13.2. The van der Waals surface area contributed by atoms with Gasteiger partial charge in [0, 0.05) is 16.1 Å². The molecule has 2 aliphatic rings. The number of hydrogen-bond acceptors (Lipinski definition) is 4. The minimum atomic E-state index is -1.01. The van der Waals surface area contributed by atoms with Crippen LogP contribution >= 0.6 is 11.3 Å². The standard InChI is InChI=1S/C22H25N3O3S/c1-2-3-5-15-7-9-16(10-8-15)23-19(26)14-25-20(27)22(24-21(25)28)12-4-6-18-17(22)11-13-29-18/h7-11,13H,2-6,12,14H2,1H3,(H,23,26)(H,24,28)/t22-/m0/s1. The van der Waals surface area contributed by atoms with Crippen molar-refractivity contribution in [2.75, 3.05) is 11.9 Å². The Bertz CT molecular complexity index is 937. The maximum Gasteiger partial charge on any atom is 0.325 e. The number of hydrogen-bond donors (Lipinski definition) is 2. The first-order valence-corrected chi connectivity index (χ1v) is 11.0. The summed E-state index contributed by atoms with van der Waals surface area (Å²) in [7, 11) is 0. The summed E-state index contributed by atoms with van der Waals surface area (Å²) < 4.78 is 0. The van der Waals surface area contributed by atoms with E-state index in [-0.39, 0.29) is 18.4 Å². The molecule has 1 atom stereocenters. The molecule has 1 aliphatic heterocycles. The van der Waals surface area contributed by atoms with Gasteiger partial charge >= 0.3 is 6.03 Å². The Labute approximate surface area is 174 Å². The number of carbonyl (C=O) groups is 3. The third-order valence-electron chi connectivity index (χ3n) is 5.69. The Morgan fingerprint density at radius 3 is 2.79 bits per heavy atom. The highest BCUT2D eigenvalue weighted by Gasteiger charge is 2.54. The van der Waals surface area contributed by atoms with Crippen molar-refractivity contribution in [3.8, 4) is 0 Å². The van der Waals surface area contributed by atoms with Crippen molar-refractivity contribution in [2.45, 2.75) is 51.0 Å². The van der Waals surface area contributed by atoms with Crippen LogP contribution in [0, 0.1) is 0 Å². The number of anilines is 1. The van der Waals surface area contributed by atoms with E-state index in [0.717, 1.165) is 47.4 Å². The number of amides is 4. The van der Waals surface area contributed by atoms with Crippen LogP contribution in [-0.2, 0) is 28.0 Å². The van der Waals surface area contributed by atoms with Gasteiger partial charge in [-0.25, -0.2) is 4.79 Å². The molecule has 4 rings (SSSR count). The van der Waals surface area contributed by atoms with Crippen LogP contribution in [0.15, 0.2) is 35.7 Å². The van der Waals surface area contributed by atoms with Crippen molar-refractivity contribution >= 4 is 34.9 Å². The summed E-state index contributed by atoms with van der Waals surface area (Å²) >= 11 is 1.61. The molecule has 2 aromatic rings. The fourth-order valence-electron chi connectivity index (χ4n) is 4.16. The zero-order valence-electron chi connectivity index (χ0n) is 16.5. The molecule has 152 valence electrons. The number of carbonyl (C=O) groups excluding carboxylic acids is 3. The number of aryl methyl sites for hydroxylation is 2. The number of urea groups is 1. The molecule has 1 aliphatic carbocycles. The predicted molar refractivity (Wildman–Crippen MR) is 113 cm³/mol. The van der Waals surface area contributed by atoms with E-state index in [2.05, 4.69) is 17.6 Å². The number of unbranched alkanes of at least 4 members (excludes halogenated alkanes) is 1. The highest BCUT2D eigenvalue weighted by molar-refractivity contribution is 7.10.